The Morgan fingerprint density at radius 2 is 1.32 bits per heavy atom. The van der Waals surface area contributed by atoms with E-state index in [9.17, 15) is 0 Å². The summed E-state index contributed by atoms with van der Waals surface area (Å²) in [7, 11) is 0. The minimum atomic E-state index is 0. The molecule has 0 fully saturated rings. The number of rotatable bonds is 2. The zero-order valence-electron chi connectivity index (χ0n) is 13.2. The Morgan fingerprint density at radius 3 is 1.73 bits per heavy atom. The van der Waals surface area contributed by atoms with Crippen LogP contribution in [0.1, 0.15) is 33.6 Å². The van der Waals surface area contributed by atoms with Crippen molar-refractivity contribution in [2.75, 3.05) is 0 Å². The largest absolute Gasteiger partial charge is 1.00 e. The Bertz CT molecular complexity index is 710. The fourth-order valence-electron chi connectivity index (χ4n) is 3.43. The summed E-state index contributed by atoms with van der Waals surface area (Å²) in [6, 6.07) is 0. The van der Waals surface area contributed by atoms with E-state index in [2.05, 4.69) is 51.7 Å². The van der Waals surface area contributed by atoms with Crippen LogP contribution < -0.4 is 24.8 Å². The van der Waals surface area contributed by atoms with Crippen molar-refractivity contribution < 1.29 is 49.5 Å². The first-order chi connectivity index (χ1) is 9.52. The van der Waals surface area contributed by atoms with E-state index in [4.69, 9.17) is 0 Å². The molecule has 0 heterocycles. The zero-order chi connectivity index (χ0) is 14.4. The molecule has 0 aromatic rings. The third kappa shape index (κ3) is 3.01. The summed E-state index contributed by atoms with van der Waals surface area (Å²) in [4.78, 5) is 0. The molecule has 22 heavy (non-hydrogen) atoms. The van der Waals surface area contributed by atoms with Crippen molar-refractivity contribution >= 4 is 0 Å². The minimum absolute atomic E-state index is 0. The fraction of sp³-hybridized carbons (Fsp3) is 0.263. The average molecular weight is 409 g/mol. The molecule has 0 aromatic heterocycles. The summed E-state index contributed by atoms with van der Waals surface area (Å²) in [5, 5.41) is 0. The first kappa shape index (κ1) is 19.7. The Hall–Kier alpha value is -0.357. The van der Waals surface area contributed by atoms with E-state index in [-0.39, 0.29) is 24.8 Å². The monoisotopic (exact) mass is 407 g/mol. The molecule has 0 aromatic carbocycles. The van der Waals surface area contributed by atoms with Crippen LogP contribution in [0.5, 0.6) is 0 Å². The van der Waals surface area contributed by atoms with Crippen LogP contribution in [-0.2, 0) is 24.7 Å². The predicted molar refractivity (Wildman–Crippen MR) is 81.8 cm³/mol. The topological polar surface area (TPSA) is 0 Å². The Kier molecular flexibility index (Phi) is 6.69. The van der Waals surface area contributed by atoms with Gasteiger partial charge in [-0.15, -0.1) is 0 Å². The van der Waals surface area contributed by atoms with Gasteiger partial charge in [0, 0.05) is 0 Å². The predicted octanol–water partition coefficient (Wildman–Crippen LogP) is -0.766. The van der Waals surface area contributed by atoms with Gasteiger partial charge in [-0.3, -0.25) is 0 Å². The summed E-state index contributed by atoms with van der Waals surface area (Å²) in [5.41, 5.74) is 11.4. The smallest absolute Gasteiger partial charge is 1.00 e. The van der Waals surface area contributed by atoms with Gasteiger partial charge in [-0.2, -0.15) is 0 Å². The molecule has 0 atom stereocenters. The SMILES string of the molecule is C=C1[C]([Zr+2])=C(C2=C(C)C=CC2)C(C)=C1C1=C(C)C=CC1.[Cl-].[Cl-]. The second kappa shape index (κ2) is 7.48. The summed E-state index contributed by atoms with van der Waals surface area (Å²) < 4.78 is 1.45. The van der Waals surface area contributed by atoms with E-state index in [1.165, 1.54) is 72.6 Å². The van der Waals surface area contributed by atoms with Gasteiger partial charge in [0.25, 0.3) is 0 Å². The second-order valence-electron chi connectivity index (χ2n) is 5.76. The first-order valence-electron chi connectivity index (χ1n) is 7.12. The van der Waals surface area contributed by atoms with Gasteiger partial charge in [0.15, 0.2) is 0 Å². The van der Waals surface area contributed by atoms with Crippen molar-refractivity contribution in [1.29, 1.82) is 0 Å². The maximum atomic E-state index is 4.39. The van der Waals surface area contributed by atoms with Crippen molar-refractivity contribution in [3.05, 3.63) is 78.7 Å². The van der Waals surface area contributed by atoms with Crippen LogP contribution in [0.4, 0.5) is 0 Å². The molecule has 0 spiro atoms. The Balaban J connectivity index is 0.00000121. The normalized spacial score (nSPS) is 20.5. The van der Waals surface area contributed by atoms with Crippen LogP contribution in [-0.4, -0.2) is 0 Å². The number of allylic oxidation sites excluding steroid dienone is 13. The number of hydrogen-bond donors (Lipinski definition) is 0. The van der Waals surface area contributed by atoms with Crippen LogP contribution in [0.15, 0.2) is 78.7 Å². The van der Waals surface area contributed by atoms with Crippen LogP contribution in [0, 0.1) is 0 Å². The van der Waals surface area contributed by atoms with E-state index in [0.29, 0.717) is 0 Å². The van der Waals surface area contributed by atoms with Gasteiger partial charge >= 0.3 is 137 Å². The summed E-state index contributed by atoms with van der Waals surface area (Å²) in [5.74, 6) is 0. The third-order valence-electron chi connectivity index (χ3n) is 4.54. The van der Waals surface area contributed by atoms with Crippen LogP contribution in [0.3, 0.4) is 0 Å². The molecule has 3 aliphatic rings. The van der Waals surface area contributed by atoms with Gasteiger partial charge in [0.2, 0.25) is 0 Å². The van der Waals surface area contributed by atoms with Gasteiger partial charge < -0.3 is 24.8 Å². The zero-order valence-corrected chi connectivity index (χ0v) is 17.2. The Morgan fingerprint density at radius 1 is 0.864 bits per heavy atom. The molecule has 0 unspecified atom stereocenters. The van der Waals surface area contributed by atoms with Crippen LogP contribution in [0.2, 0.25) is 0 Å². The van der Waals surface area contributed by atoms with E-state index in [1.807, 2.05) is 0 Å². The van der Waals surface area contributed by atoms with Crippen molar-refractivity contribution in [1.82, 2.24) is 0 Å². The maximum absolute atomic E-state index is 4.39. The molecule has 0 bridgehead atoms. The molecule has 0 radical (unpaired) electrons. The van der Waals surface area contributed by atoms with E-state index in [0.717, 1.165) is 12.8 Å². The van der Waals surface area contributed by atoms with E-state index >= 15 is 0 Å². The number of halogens is 2. The van der Waals surface area contributed by atoms with E-state index in [1.54, 1.807) is 0 Å². The summed E-state index contributed by atoms with van der Waals surface area (Å²) in [6.45, 7) is 11.1. The molecule has 3 aliphatic carbocycles. The summed E-state index contributed by atoms with van der Waals surface area (Å²) in [6.07, 6.45) is 11.2. The number of hydrogen-bond acceptors (Lipinski definition) is 0. The van der Waals surface area contributed by atoms with Gasteiger partial charge in [-0.05, 0) is 0 Å². The molecular formula is C19H19Cl2Zr. The molecule has 0 nitrogen and oxygen atoms in total. The minimum Gasteiger partial charge on any atom is -1.00 e. The van der Waals surface area contributed by atoms with Crippen molar-refractivity contribution in [3.63, 3.8) is 0 Å². The Labute approximate surface area is 161 Å². The molecule has 3 rings (SSSR count). The van der Waals surface area contributed by atoms with Crippen LogP contribution >= 0.6 is 0 Å². The molecule has 0 saturated heterocycles. The van der Waals surface area contributed by atoms with Gasteiger partial charge in [0.1, 0.15) is 0 Å². The van der Waals surface area contributed by atoms with Crippen molar-refractivity contribution in [2.24, 2.45) is 0 Å². The van der Waals surface area contributed by atoms with E-state index < -0.39 is 0 Å². The second-order valence-corrected chi connectivity index (χ2v) is 6.99. The van der Waals surface area contributed by atoms with Gasteiger partial charge in [-0.25, -0.2) is 0 Å². The summed E-state index contributed by atoms with van der Waals surface area (Å²) >= 11 is 1.48. The third-order valence-corrected chi connectivity index (χ3v) is 5.90. The van der Waals surface area contributed by atoms with Crippen molar-refractivity contribution in [3.8, 4) is 0 Å². The van der Waals surface area contributed by atoms with Crippen molar-refractivity contribution in [2.45, 2.75) is 33.6 Å². The first-order valence-corrected chi connectivity index (χ1v) is 8.35. The molecule has 3 heteroatoms. The van der Waals surface area contributed by atoms with Gasteiger partial charge in [-0.1, -0.05) is 0 Å². The molecular weight excluding hydrogens is 390 g/mol. The fourth-order valence-corrected chi connectivity index (χ4v) is 4.57. The molecule has 0 N–H and O–H groups in total. The molecule has 0 amide bonds. The standard InChI is InChI=1S/C19H19.2ClH.Zr/c1-12-7-5-9-16(12)18-11-14(3)19(15(18)4)17-10-6-8-13(17)2;;;/h5-8H,3,9-10H2,1-2,4H3;2*1H;/q;;;+2/p-2. The molecule has 0 aliphatic heterocycles. The molecule has 0 saturated carbocycles. The maximum Gasteiger partial charge on any atom is -1.00 e. The quantitative estimate of drug-likeness (QED) is 0.562. The molecule has 113 valence electrons. The van der Waals surface area contributed by atoms with Gasteiger partial charge in [0.05, 0.1) is 0 Å². The van der Waals surface area contributed by atoms with Crippen LogP contribution in [0.25, 0.3) is 0 Å². The average Bonchev–Trinajstić information content (AvgIpc) is 3.04.